The van der Waals surface area contributed by atoms with Crippen LogP contribution in [0.4, 0.5) is 10.1 Å². The predicted octanol–water partition coefficient (Wildman–Crippen LogP) is 4.83. The topological polar surface area (TPSA) is 59.4 Å². The van der Waals surface area contributed by atoms with Crippen LogP contribution < -0.4 is 10.1 Å². The Balaban J connectivity index is 1.41. The molecule has 1 aromatic heterocycles. The van der Waals surface area contributed by atoms with Crippen LogP contribution in [0.25, 0.3) is 5.69 Å². The minimum Gasteiger partial charge on any atom is -0.491 e. The van der Waals surface area contributed by atoms with Crippen LogP contribution in [-0.4, -0.2) is 46.3 Å². The van der Waals surface area contributed by atoms with Gasteiger partial charge < -0.3 is 10.1 Å². The zero-order valence-corrected chi connectivity index (χ0v) is 18.6. The molecule has 6 nitrogen and oxygen atoms in total. The van der Waals surface area contributed by atoms with E-state index in [-0.39, 0.29) is 5.91 Å². The second kappa shape index (κ2) is 9.96. The molecule has 3 aromatic rings. The molecule has 1 aliphatic heterocycles. The van der Waals surface area contributed by atoms with Crippen molar-refractivity contribution in [3.63, 3.8) is 0 Å². The summed E-state index contributed by atoms with van der Waals surface area (Å²) in [7, 11) is 0. The number of hydrogen-bond acceptors (Lipinski definition) is 4. The highest BCUT2D eigenvalue weighted by molar-refractivity contribution is 6.06. The molecule has 1 amide bonds. The molecular weight excluding hydrogens is 407 g/mol. The molecule has 4 rings (SSSR count). The number of halogens is 1. The lowest BCUT2D eigenvalue weighted by atomic mass is 10.0. The highest BCUT2D eigenvalue weighted by Crippen LogP contribution is 2.23. The number of ether oxygens (including phenoxy) is 1. The molecule has 0 spiro atoms. The highest BCUT2D eigenvalue weighted by atomic mass is 19.1. The van der Waals surface area contributed by atoms with E-state index in [0.29, 0.717) is 35.3 Å². The summed E-state index contributed by atoms with van der Waals surface area (Å²) in [6, 6.07) is 12.3. The normalized spacial score (nSPS) is 16.7. The fourth-order valence-corrected chi connectivity index (χ4v) is 4.06. The third kappa shape index (κ3) is 5.16. The Labute approximate surface area is 188 Å². The van der Waals surface area contributed by atoms with Crippen LogP contribution in [0, 0.1) is 12.7 Å². The van der Waals surface area contributed by atoms with Gasteiger partial charge in [0.25, 0.3) is 5.91 Å². The minimum atomic E-state index is -0.467. The number of carbonyl (C=O) groups excluding carboxylic acids is 1. The number of amides is 1. The van der Waals surface area contributed by atoms with Gasteiger partial charge in [0.15, 0.2) is 5.82 Å². The van der Waals surface area contributed by atoms with Gasteiger partial charge in [-0.25, -0.2) is 9.07 Å². The lowest BCUT2D eigenvalue weighted by Gasteiger charge is -2.33. The smallest absolute Gasteiger partial charge is 0.259 e. The largest absolute Gasteiger partial charge is 0.491 e. The first-order valence-electron chi connectivity index (χ1n) is 11.1. The molecule has 1 atom stereocenters. The number of nitrogens with zero attached hydrogens (tertiary/aromatic N) is 3. The molecule has 2 aromatic carbocycles. The zero-order chi connectivity index (χ0) is 22.5. The maximum Gasteiger partial charge on any atom is 0.259 e. The van der Waals surface area contributed by atoms with E-state index < -0.39 is 5.82 Å². The Hall–Kier alpha value is -3.19. The number of aromatic nitrogens is 2. The Morgan fingerprint density at radius 3 is 2.84 bits per heavy atom. The van der Waals surface area contributed by atoms with Crippen molar-refractivity contribution in [3.05, 3.63) is 71.8 Å². The Kier molecular flexibility index (Phi) is 6.85. The first-order valence-corrected chi connectivity index (χ1v) is 11.1. The molecule has 1 unspecified atom stereocenters. The van der Waals surface area contributed by atoms with Gasteiger partial charge in [-0.1, -0.05) is 18.6 Å². The van der Waals surface area contributed by atoms with Crippen LogP contribution in [-0.2, 0) is 0 Å². The first-order chi connectivity index (χ1) is 15.5. The van der Waals surface area contributed by atoms with E-state index in [1.807, 2.05) is 13.0 Å². The average molecular weight is 437 g/mol. The third-order valence-electron chi connectivity index (χ3n) is 5.87. The van der Waals surface area contributed by atoms with Gasteiger partial charge in [0.2, 0.25) is 0 Å². The van der Waals surface area contributed by atoms with Crippen molar-refractivity contribution < 1.29 is 13.9 Å². The molecule has 0 saturated carbocycles. The van der Waals surface area contributed by atoms with Crippen LogP contribution in [0.5, 0.6) is 5.75 Å². The van der Waals surface area contributed by atoms with Gasteiger partial charge in [0, 0.05) is 24.5 Å². The van der Waals surface area contributed by atoms with Crippen LogP contribution in [0.3, 0.4) is 0 Å². The van der Waals surface area contributed by atoms with Gasteiger partial charge in [0.05, 0.1) is 11.8 Å². The number of rotatable bonds is 7. The number of hydrogen-bond donors (Lipinski definition) is 1. The summed E-state index contributed by atoms with van der Waals surface area (Å²) in [6.45, 7) is 6.57. The molecule has 1 aliphatic rings. The Morgan fingerprint density at radius 2 is 2.09 bits per heavy atom. The summed E-state index contributed by atoms with van der Waals surface area (Å²) in [5.41, 5.74) is 2.06. The van der Waals surface area contributed by atoms with E-state index >= 15 is 0 Å². The molecule has 0 bridgehead atoms. The molecule has 32 heavy (non-hydrogen) atoms. The molecule has 1 fully saturated rings. The van der Waals surface area contributed by atoms with Gasteiger partial charge in [-0.2, -0.15) is 5.10 Å². The number of para-hydroxylation sites is 1. The Morgan fingerprint density at radius 1 is 1.25 bits per heavy atom. The summed E-state index contributed by atoms with van der Waals surface area (Å²) >= 11 is 0. The fourth-order valence-electron chi connectivity index (χ4n) is 4.06. The van der Waals surface area contributed by atoms with Crippen molar-refractivity contribution in [2.75, 3.05) is 25.0 Å². The fraction of sp³-hybridized carbons (Fsp3) is 0.360. The van der Waals surface area contributed by atoms with Crippen molar-refractivity contribution >= 4 is 11.6 Å². The van der Waals surface area contributed by atoms with Crippen LogP contribution in [0.15, 0.2) is 54.9 Å². The highest BCUT2D eigenvalue weighted by Gasteiger charge is 2.19. The molecule has 0 aliphatic carbocycles. The summed E-state index contributed by atoms with van der Waals surface area (Å²) in [5, 5.41) is 6.90. The molecular formula is C25H29FN4O2. The first kappa shape index (κ1) is 22.0. The van der Waals surface area contributed by atoms with Gasteiger partial charge >= 0.3 is 0 Å². The second-order valence-corrected chi connectivity index (χ2v) is 8.31. The van der Waals surface area contributed by atoms with Crippen LogP contribution in [0.2, 0.25) is 0 Å². The van der Waals surface area contributed by atoms with E-state index in [2.05, 4.69) is 22.2 Å². The standard InChI is InChI=1S/C25H29FN4O2/c1-18-16-27-30(17-18)23-11-10-20(15-22(23)26)28-25(31)21-8-3-4-9-24(21)32-14-13-29-12-6-5-7-19(29)2/h3-4,8-11,15-17,19H,5-7,12-14H2,1-2H3,(H,28,31). The number of piperidine rings is 1. The summed E-state index contributed by atoms with van der Waals surface area (Å²) < 4.78 is 22.0. The molecule has 1 saturated heterocycles. The number of benzene rings is 2. The van der Waals surface area contributed by atoms with Gasteiger partial charge in [0.1, 0.15) is 18.0 Å². The zero-order valence-electron chi connectivity index (χ0n) is 18.6. The molecule has 168 valence electrons. The van der Waals surface area contributed by atoms with E-state index in [9.17, 15) is 9.18 Å². The Bertz CT molecular complexity index is 1080. The number of anilines is 1. The van der Waals surface area contributed by atoms with E-state index in [0.717, 1.165) is 18.7 Å². The number of carbonyl (C=O) groups is 1. The minimum absolute atomic E-state index is 0.326. The quantitative estimate of drug-likeness (QED) is 0.577. The number of likely N-dealkylation sites (tertiary alicyclic amines) is 1. The lowest BCUT2D eigenvalue weighted by Crippen LogP contribution is -2.40. The molecule has 1 N–H and O–H groups in total. The average Bonchev–Trinajstić information content (AvgIpc) is 3.21. The molecule has 7 heteroatoms. The maximum atomic E-state index is 14.6. The van der Waals surface area contributed by atoms with E-state index in [4.69, 9.17) is 4.74 Å². The molecule has 2 heterocycles. The van der Waals surface area contributed by atoms with Crippen molar-refractivity contribution in [3.8, 4) is 11.4 Å². The van der Waals surface area contributed by atoms with Crippen LogP contribution >= 0.6 is 0 Å². The van der Waals surface area contributed by atoms with E-state index in [1.165, 1.54) is 30.0 Å². The van der Waals surface area contributed by atoms with E-state index in [1.54, 1.807) is 42.7 Å². The van der Waals surface area contributed by atoms with Gasteiger partial charge in [-0.15, -0.1) is 0 Å². The van der Waals surface area contributed by atoms with Crippen molar-refractivity contribution in [1.82, 2.24) is 14.7 Å². The second-order valence-electron chi connectivity index (χ2n) is 8.31. The summed E-state index contributed by atoms with van der Waals surface area (Å²) in [5.74, 6) is -0.279. The van der Waals surface area contributed by atoms with Crippen molar-refractivity contribution in [2.24, 2.45) is 0 Å². The molecule has 0 radical (unpaired) electrons. The number of nitrogens with one attached hydrogen (secondary N) is 1. The van der Waals surface area contributed by atoms with Crippen molar-refractivity contribution in [1.29, 1.82) is 0 Å². The third-order valence-corrected chi connectivity index (χ3v) is 5.87. The van der Waals surface area contributed by atoms with Crippen LogP contribution in [0.1, 0.15) is 42.1 Å². The monoisotopic (exact) mass is 436 g/mol. The van der Waals surface area contributed by atoms with Crippen molar-refractivity contribution in [2.45, 2.75) is 39.2 Å². The summed E-state index contributed by atoms with van der Waals surface area (Å²) in [6.07, 6.45) is 7.13. The maximum absolute atomic E-state index is 14.6. The lowest BCUT2D eigenvalue weighted by molar-refractivity contribution is 0.101. The van der Waals surface area contributed by atoms with Gasteiger partial charge in [-0.3, -0.25) is 9.69 Å². The van der Waals surface area contributed by atoms with Gasteiger partial charge in [-0.05, 0) is 69.1 Å². The predicted molar refractivity (Wildman–Crippen MR) is 123 cm³/mol. The summed E-state index contributed by atoms with van der Waals surface area (Å²) in [4.78, 5) is 15.3. The SMILES string of the molecule is Cc1cnn(-c2ccc(NC(=O)c3ccccc3OCCN3CCCCC3C)cc2F)c1. The number of aryl methyl sites for hydroxylation is 1.